The summed E-state index contributed by atoms with van der Waals surface area (Å²) in [4.78, 5) is 6.96. The molecule has 0 bridgehead atoms. The molecular formula is C15H23N3. The van der Waals surface area contributed by atoms with Gasteiger partial charge in [0.2, 0.25) is 0 Å². The van der Waals surface area contributed by atoms with Gasteiger partial charge in [-0.2, -0.15) is 0 Å². The van der Waals surface area contributed by atoms with Crippen LogP contribution in [0, 0.1) is 12.8 Å². The van der Waals surface area contributed by atoms with Crippen molar-refractivity contribution < 1.29 is 0 Å². The summed E-state index contributed by atoms with van der Waals surface area (Å²) >= 11 is 0. The minimum absolute atomic E-state index is 0.344. The molecule has 3 nitrogen and oxygen atoms in total. The zero-order valence-corrected chi connectivity index (χ0v) is 11.4. The van der Waals surface area contributed by atoms with E-state index < -0.39 is 0 Å². The monoisotopic (exact) mass is 245 g/mol. The van der Waals surface area contributed by atoms with Crippen molar-refractivity contribution in [3.8, 4) is 0 Å². The summed E-state index contributed by atoms with van der Waals surface area (Å²) in [5, 5.41) is 3.73. The summed E-state index contributed by atoms with van der Waals surface area (Å²) in [6, 6.07) is 4.32. The minimum atomic E-state index is 0.344. The molecule has 3 rings (SSSR count). The van der Waals surface area contributed by atoms with Gasteiger partial charge < -0.3 is 5.32 Å². The molecule has 1 saturated carbocycles. The third kappa shape index (κ3) is 2.57. The van der Waals surface area contributed by atoms with Gasteiger partial charge in [-0.1, -0.05) is 6.07 Å². The smallest absolute Gasteiger partial charge is 0.0372 e. The molecule has 18 heavy (non-hydrogen) atoms. The minimum Gasteiger partial charge on any atom is -0.309 e. The molecule has 3 heteroatoms. The Bertz CT molecular complexity index is 410. The van der Waals surface area contributed by atoms with E-state index in [1.54, 1.807) is 0 Å². The first kappa shape index (κ1) is 12.1. The van der Waals surface area contributed by atoms with Crippen LogP contribution in [0.5, 0.6) is 0 Å². The molecule has 1 N–H and O–H groups in total. The normalized spacial score (nSPS) is 29.4. The Morgan fingerprint density at radius 1 is 1.44 bits per heavy atom. The molecule has 2 fully saturated rings. The Morgan fingerprint density at radius 2 is 2.28 bits per heavy atom. The van der Waals surface area contributed by atoms with Crippen molar-refractivity contribution in [3.05, 3.63) is 29.6 Å². The summed E-state index contributed by atoms with van der Waals surface area (Å²) < 4.78 is 0. The second-order valence-electron chi connectivity index (χ2n) is 6.14. The van der Waals surface area contributed by atoms with Gasteiger partial charge in [-0.25, -0.2) is 0 Å². The molecular weight excluding hydrogens is 222 g/mol. The lowest BCUT2D eigenvalue weighted by Gasteiger charge is -2.42. The van der Waals surface area contributed by atoms with Gasteiger partial charge in [-0.15, -0.1) is 0 Å². The standard InChI is InChI=1S/C15H23N3/c1-12-3-4-13(9-16-12)10-18-8-7-17-15(2,11-18)14-5-6-14/h3-4,9,14,17H,5-8,10-11H2,1-2H3. The molecule has 2 heterocycles. The quantitative estimate of drug-likeness (QED) is 0.882. The average molecular weight is 245 g/mol. The number of nitrogens with one attached hydrogen (secondary N) is 1. The maximum atomic E-state index is 4.39. The van der Waals surface area contributed by atoms with Crippen molar-refractivity contribution in [2.45, 2.75) is 38.8 Å². The van der Waals surface area contributed by atoms with Gasteiger partial charge in [0.25, 0.3) is 0 Å². The highest BCUT2D eigenvalue weighted by atomic mass is 15.2. The second kappa shape index (κ2) is 4.63. The number of aryl methyl sites for hydroxylation is 1. The van der Waals surface area contributed by atoms with E-state index in [4.69, 9.17) is 0 Å². The van der Waals surface area contributed by atoms with Crippen molar-refractivity contribution in [3.63, 3.8) is 0 Å². The van der Waals surface area contributed by atoms with Crippen LogP contribution in [0.2, 0.25) is 0 Å². The van der Waals surface area contributed by atoms with Crippen LogP contribution in [-0.4, -0.2) is 35.1 Å². The fraction of sp³-hybridized carbons (Fsp3) is 0.667. The third-order valence-corrected chi connectivity index (χ3v) is 4.37. The molecule has 1 aliphatic heterocycles. The maximum Gasteiger partial charge on any atom is 0.0372 e. The highest BCUT2D eigenvalue weighted by Crippen LogP contribution is 2.40. The predicted octanol–water partition coefficient (Wildman–Crippen LogP) is 1.96. The summed E-state index contributed by atoms with van der Waals surface area (Å²) in [7, 11) is 0. The van der Waals surface area contributed by atoms with E-state index in [0.717, 1.165) is 31.2 Å². The molecule has 0 amide bonds. The number of hydrogen-bond donors (Lipinski definition) is 1. The van der Waals surface area contributed by atoms with Crippen LogP contribution >= 0.6 is 0 Å². The number of nitrogens with zero attached hydrogens (tertiary/aromatic N) is 2. The Morgan fingerprint density at radius 3 is 2.94 bits per heavy atom. The van der Waals surface area contributed by atoms with Crippen LogP contribution in [0.15, 0.2) is 18.3 Å². The summed E-state index contributed by atoms with van der Waals surface area (Å²) in [6.45, 7) is 8.91. The van der Waals surface area contributed by atoms with Crippen LogP contribution < -0.4 is 5.32 Å². The summed E-state index contributed by atoms with van der Waals surface area (Å²) in [6.07, 6.45) is 4.83. The molecule has 1 aliphatic carbocycles. The number of piperazine rings is 1. The Balaban J connectivity index is 1.64. The van der Waals surface area contributed by atoms with Crippen molar-refractivity contribution >= 4 is 0 Å². The zero-order chi connectivity index (χ0) is 12.6. The van der Waals surface area contributed by atoms with Crippen LogP contribution in [0.1, 0.15) is 31.0 Å². The van der Waals surface area contributed by atoms with Gasteiger partial charge in [-0.05, 0) is 44.2 Å². The van der Waals surface area contributed by atoms with Gasteiger partial charge in [0.05, 0.1) is 0 Å². The van der Waals surface area contributed by atoms with Crippen LogP contribution in [-0.2, 0) is 6.54 Å². The van der Waals surface area contributed by atoms with Crippen molar-refractivity contribution in [1.82, 2.24) is 15.2 Å². The molecule has 0 radical (unpaired) electrons. The highest BCUT2D eigenvalue weighted by molar-refractivity contribution is 5.13. The largest absolute Gasteiger partial charge is 0.309 e. The molecule has 0 aromatic carbocycles. The predicted molar refractivity (Wildman–Crippen MR) is 73.4 cm³/mol. The van der Waals surface area contributed by atoms with Crippen LogP contribution in [0.4, 0.5) is 0 Å². The number of aromatic nitrogens is 1. The van der Waals surface area contributed by atoms with E-state index in [9.17, 15) is 0 Å². The SMILES string of the molecule is Cc1ccc(CN2CCNC(C)(C3CC3)C2)cn1. The van der Waals surface area contributed by atoms with Crippen molar-refractivity contribution in [1.29, 1.82) is 0 Å². The summed E-state index contributed by atoms with van der Waals surface area (Å²) in [5.74, 6) is 0.899. The van der Waals surface area contributed by atoms with Crippen molar-refractivity contribution in [2.24, 2.45) is 5.92 Å². The van der Waals surface area contributed by atoms with Gasteiger partial charge in [0.15, 0.2) is 0 Å². The van der Waals surface area contributed by atoms with E-state index >= 15 is 0 Å². The van der Waals surface area contributed by atoms with Gasteiger partial charge >= 0.3 is 0 Å². The second-order valence-corrected chi connectivity index (χ2v) is 6.14. The fourth-order valence-electron chi connectivity index (χ4n) is 3.08. The zero-order valence-electron chi connectivity index (χ0n) is 11.4. The first-order chi connectivity index (χ1) is 8.66. The van der Waals surface area contributed by atoms with E-state index in [1.807, 2.05) is 13.1 Å². The number of pyridine rings is 1. The highest BCUT2D eigenvalue weighted by Gasteiger charge is 2.43. The van der Waals surface area contributed by atoms with Gasteiger partial charge in [0.1, 0.15) is 0 Å². The Labute approximate surface area is 110 Å². The molecule has 2 aliphatic rings. The molecule has 0 spiro atoms. The number of rotatable bonds is 3. The molecule has 1 aromatic rings. The average Bonchev–Trinajstić information content (AvgIpc) is 3.17. The molecule has 1 atom stereocenters. The van der Waals surface area contributed by atoms with E-state index in [1.165, 1.54) is 24.9 Å². The molecule has 1 saturated heterocycles. The molecule has 1 aromatic heterocycles. The summed E-state index contributed by atoms with van der Waals surface area (Å²) in [5.41, 5.74) is 2.78. The lowest BCUT2D eigenvalue weighted by molar-refractivity contribution is 0.121. The maximum absolute atomic E-state index is 4.39. The first-order valence-electron chi connectivity index (χ1n) is 7.05. The van der Waals surface area contributed by atoms with E-state index in [2.05, 4.69) is 34.3 Å². The number of hydrogen-bond acceptors (Lipinski definition) is 3. The topological polar surface area (TPSA) is 28.2 Å². The first-order valence-corrected chi connectivity index (χ1v) is 7.05. The third-order valence-electron chi connectivity index (χ3n) is 4.37. The lowest BCUT2D eigenvalue weighted by Crippen LogP contribution is -2.59. The van der Waals surface area contributed by atoms with Crippen LogP contribution in [0.3, 0.4) is 0 Å². The van der Waals surface area contributed by atoms with Crippen molar-refractivity contribution in [2.75, 3.05) is 19.6 Å². The Hall–Kier alpha value is -0.930. The molecule has 1 unspecified atom stereocenters. The fourth-order valence-corrected chi connectivity index (χ4v) is 3.08. The Kier molecular flexibility index (Phi) is 3.12. The van der Waals surface area contributed by atoms with Gasteiger partial charge in [0, 0.05) is 43.6 Å². The van der Waals surface area contributed by atoms with Gasteiger partial charge in [-0.3, -0.25) is 9.88 Å². The lowest BCUT2D eigenvalue weighted by atomic mass is 9.93. The van der Waals surface area contributed by atoms with E-state index in [0.29, 0.717) is 5.54 Å². The van der Waals surface area contributed by atoms with Crippen LogP contribution in [0.25, 0.3) is 0 Å². The molecule has 98 valence electrons. The van der Waals surface area contributed by atoms with E-state index in [-0.39, 0.29) is 0 Å².